The maximum atomic E-state index is 12.6. The molecule has 0 aliphatic carbocycles. The molecule has 0 atom stereocenters. The minimum absolute atomic E-state index is 0.112. The molecule has 19 heavy (non-hydrogen) atoms. The second-order valence-electron chi connectivity index (χ2n) is 3.79. The Morgan fingerprint density at radius 1 is 1.26 bits per heavy atom. The van der Waals surface area contributed by atoms with Crippen molar-refractivity contribution in [3.63, 3.8) is 0 Å². The van der Waals surface area contributed by atoms with Crippen molar-refractivity contribution in [2.24, 2.45) is 0 Å². The first kappa shape index (κ1) is 13.7. The summed E-state index contributed by atoms with van der Waals surface area (Å²) in [4.78, 5) is 11.7. The predicted molar refractivity (Wildman–Crippen MR) is 70.4 cm³/mol. The van der Waals surface area contributed by atoms with Crippen molar-refractivity contribution in [2.75, 3.05) is 0 Å². The van der Waals surface area contributed by atoms with Gasteiger partial charge in [0, 0.05) is 16.7 Å². The van der Waals surface area contributed by atoms with Gasteiger partial charge < -0.3 is 4.74 Å². The van der Waals surface area contributed by atoms with Gasteiger partial charge in [0.25, 0.3) is 5.56 Å². The fourth-order valence-electron chi connectivity index (χ4n) is 1.53. The van der Waals surface area contributed by atoms with Crippen molar-refractivity contribution in [1.29, 1.82) is 0 Å². The lowest BCUT2D eigenvalue weighted by molar-refractivity contribution is 0.0647. The number of nitrogens with zero attached hydrogens (tertiary/aromatic N) is 1. The van der Waals surface area contributed by atoms with E-state index < -0.39 is 12.1 Å². The molecular formula is C13H10BrF2NO2. The molecule has 0 amide bonds. The van der Waals surface area contributed by atoms with Gasteiger partial charge in [0.2, 0.25) is 0 Å². The van der Waals surface area contributed by atoms with Gasteiger partial charge >= 0.3 is 6.55 Å². The van der Waals surface area contributed by atoms with Gasteiger partial charge in [-0.15, -0.1) is 0 Å². The van der Waals surface area contributed by atoms with Gasteiger partial charge in [-0.2, -0.15) is 8.78 Å². The first-order valence-corrected chi connectivity index (χ1v) is 6.24. The van der Waals surface area contributed by atoms with Crippen LogP contribution in [0.3, 0.4) is 0 Å². The number of ether oxygens (including phenoxy) is 1. The first-order valence-electron chi connectivity index (χ1n) is 5.44. The molecule has 0 fully saturated rings. The van der Waals surface area contributed by atoms with Crippen LogP contribution in [0.1, 0.15) is 12.1 Å². The molecule has 0 aliphatic heterocycles. The number of hydrogen-bond donors (Lipinski definition) is 0. The average Bonchev–Trinajstić information content (AvgIpc) is 2.40. The van der Waals surface area contributed by atoms with Crippen LogP contribution in [0, 0.1) is 0 Å². The fraction of sp³-hybridized carbons (Fsp3) is 0.154. The van der Waals surface area contributed by atoms with Crippen LogP contribution in [0.4, 0.5) is 8.78 Å². The normalized spacial score (nSPS) is 10.7. The SMILES string of the molecule is O=c1c(OCc2ccccc2)cc(Br)cn1C(F)F. The molecule has 1 aromatic heterocycles. The van der Waals surface area contributed by atoms with Crippen LogP contribution < -0.4 is 10.3 Å². The number of aromatic nitrogens is 1. The van der Waals surface area contributed by atoms with Gasteiger partial charge in [-0.25, -0.2) is 0 Å². The molecule has 0 saturated carbocycles. The van der Waals surface area contributed by atoms with E-state index in [9.17, 15) is 13.6 Å². The van der Waals surface area contributed by atoms with Crippen LogP contribution in [0.25, 0.3) is 0 Å². The standard InChI is InChI=1S/C13H10BrF2NO2/c14-10-6-11(12(18)17(7-10)13(15)16)19-8-9-4-2-1-3-5-9/h1-7,13H,8H2. The lowest BCUT2D eigenvalue weighted by Crippen LogP contribution is -2.22. The van der Waals surface area contributed by atoms with E-state index >= 15 is 0 Å². The molecule has 6 heteroatoms. The van der Waals surface area contributed by atoms with Crippen molar-refractivity contribution in [2.45, 2.75) is 13.2 Å². The summed E-state index contributed by atoms with van der Waals surface area (Å²) >= 11 is 3.07. The third kappa shape index (κ3) is 3.41. The van der Waals surface area contributed by atoms with Crippen molar-refractivity contribution in [3.05, 3.63) is 63.0 Å². The van der Waals surface area contributed by atoms with Crippen LogP contribution in [-0.2, 0) is 6.61 Å². The van der Waals surface area contributed by atoms with E-state index in [-0.39, 0.29) is 12.4 Å². The molecule has 100 valence electrons. The van der Waals surface area contributed by atoms with Crippen LogP contribution in [0.15, 0.2) is 51.9 Å². The third-order valence-electron chi connectivity index (χ3n) is 2.42. The molecule has 2 rings (SSSR count). The topological polar surface area (TPSA) is 31.2 Å². The van der Waals surface area contributed by atoms with Gasteiger partial charge in [0.05, 0.1) is 0 Å². The summed E-state index contributed by atoms with van der Waals surface area (Å²) in [5, 5.41) is 0. The highest BCUT2D eigenvalue weighted by molar-refractivity contribution is 9.10. The number of hydrogen-bond acceptors (Lipinski definition) is 2. The number of benzene rings is 1. The van der Waals surface area contributed by atoms with E-state index in [1.807, 2.05) is 30.3 Å². The summed E-state index contributed by atoms with van der Waals surface area (Å²) in [6.07, 6.45) is 1.03. The van der Waals surface area contributed by atoms with Gasteiger partial charge in [0.1, 0.15) is 6.61 Å². The quantitative estimate of drug-likeness (QED) is 0.858. The highest BCUT2D eigenvalue weighted by Gasteiger charge is 2.13. The molecule has 1 heterocycles. The monoisotopic (exact) mass is 329 g/mol. The van der Waals surface area contributed by atoms with Crippen LogP contribution >= 0.6 is 15.9 Å². The molecule has 0 aliphatic rings. The lowest BCUT2D eigenvalue weighted by Gasteiger charge is -2.10. The molecule has 0 radical (unpaired) electrons. The van der Waals surface area contributed by atoms with E-state index in [4.69, 9.17) is 4.74 Å². The number of pyridine rings is 1. The Balaban J connectivity index is 2.23. The number of halogens is 3. The predicted octanol–water partition coefficient (Wildman–Crippen LogP) is 3.58. The largest absolute Gasteiger partial charge is 0.483 e. The lowest BCUT2D eigenvalue weighted by atomic mass is 10.2. The maximum Gasteiger partial charge on any atom is 0.321 e. The van der Waals surface area contributed by atoms with E-state index in [0.29, 0.717) is 9.04 Å². The maximum absolute atomic E-state index is 12.6. The zero-order valence-electron chi connectivity index (χ0n) is 9.72. The van der Waals surface area contributed by atoms with Gasteiger partial charge in [-0.3, -0.25) is 9.36 Å². The first-order chi connectivity index (χ1) is 9.08. The van der Waals surface area contributed by atoms with Crippen molar-refractivity contribution in [3.8, 4) is 5.75 Å². The van der Waals surface area contributed by atoms with Gasteiger partial charge in [0.15, 0.2) is 5.75 Å². The number of alkyl halides is 2. The Morgan fingerprint density at radius 2 is 1.95 bits per heavy atom. The molecule has 0 bridgehead atoms. The molecule has 2 aromatic rings. The molecule has 0 N–H and O–H groups in total. The Hall–Kier alpha value is -1.69. The number of rotatable bonds is 4. The highest BCUT2D eigenvalue weighted by atomic mass is 79.9. The third-order valence-corrected chi connectivity index (χ3v) is 2.86. The molecule has 1 aromatic carbocycles. The zero-order chi connectivity index (χ0) is 13.8. The Bertz CT molecular complexity index is 614. The average molecular weight is 330 g/mol. The minimum Gasteiger partial charge on any atom is -0.483 e. The van der Waals surface area contributed by atoms with Crippen LogP contribution in [0.2, 0.25) is 0 Å². The summed E-state index contributed by atoms with van der Waals surface area (Å²) in [7, 11) is 0. The van der Waals surface area contributed by atoms with E-state index in [1.54, 1.807) is 0 Å². The summed E-state index contributed by atoms with van der Waals surface area (Å²) in [6, 6.07) is 10.5. The fourth-order valence-corrected chi connectivity index (χ4v) is 1.96. The Labute approximate surface area is 116 Å². The van der Waals surface area contributed by atoms with Crippen LogP contribution in [-0.4, -0.2) is 4.57 Å². The zero-order valence-corrected chi connectivity index (χ0v) is 11.3. The minimum atomic E-state index is -2.90. The smallest absolute Gasteiger partial charge is 0.321 e. The Morgan fingerprint density at radius 3 is 2.58 bits per heavy atom. The highest BCUT2D eigenvalue weighted by Crippen LogP contribution is 2.18. The van der Waals surface area contributed by atoms with Gasteiger partial charge in [-0.1, -0.05) is 30.3 Å². The molecule has 0 spiro atoms. The van der Waals surface area contributed by atoms with E-state index in [0.717, 1.165) is 11.8 Å². The second kappa shape index (κ2) is 5.97. The molecule has 0 unspecified atom stereocenters. The molecular weight excluding hydrogens is 320 g/mol. The second-order valence-corrected chi connectivity index (χ2v) is 4.70. The summed E-state index contributed by atoms with van der Waals surface area (Å²) in [6.45, 7) is -2.75. The van der Waals surface area contributed by atoms with Crippen molar-refractivity contribution >= 4 is 15.9 Å². The van der Waals surface area contributed by atoms with E-state index in [2.05, 4.69) is 15.9 Å². The van der Waals surface area contributed by atoms with E-state index in [1.165, 1.54) is 6.07 Å². The summed E-state index contributed by atoms with van der Waals surface area (Å²) in [5.74, 6) is -0.112. The molecule has 3 nitrogen and oxygen atoms in total. The molecule has 0 saturated heterocycles. The van der Waals surface area contributed by atoms with Crippen molar-refractivity contribution < 1.29 is 13.5 Å². The van der Waals surface area contributed by atoms with Gasteiger partial charge in [-0.05, 0) is 21.5 Å². The van der Waals surface area contributed by atoms with Crippen LogP contribution in [0.5, 0.6) is 5.75 Å². The summed E-state index contributed by atoms with van der Waals surface area (Å²) < 4.78 is 31.3. The summed E-state index contributed by atoms with van der Waals surface area (Å²) in [5.41, 5.74) is -0.000367. The van der Waals surface area contributed by atoms with Crippen molar-refractivity contribution in [1.82, 2.24) is 4.57 Å². The Kier molecular flexibility index (Phi) is 4.31.